The number of hydrogen-bond acceptors (Lipinski definition) is 14. The number of hydrogen-bond donors (Lipinski definition) is 7. The van der Waals surface area contributed by atoms with Crippen LogP contribution in [0, 0.1) is 16.0 Å². The number of aliphatic hydroxyl groups is 5. The van der Waals surface area contributed by atoms with Gasteiger partial charge in [0, 0.05) is 47.6 Å². The van der Waals surface area contributed by atoms with Crippen LogP contribution in [-0.2, 0) is 37.8 Å². The first-order valence-electron chi connectivity index (χ1n) is 18.9. The van der Waals surface area contributed by atoms with E-state index < -0.39 is 78.9 Å². The minimum atomic E-state index is -3.10. The number of nitro benzene ring substituents is 1. The van der Waals surface area contributed by atoms with E-state index in [1.54, 1.807) is 42.2 Å². The van der Waals surface area contributed by atoms with Crippen molar-refractivity contribution in [2.75, 3.05) is 16.8 Å². The number of fused-ring (bicyclic) bond motifs is 2. The Balaban J connectivity index is 1.15. The van der Waals surface area contributed by atoms with Crippen LogP contribution < -0.4 is 10.2 Å². The third-order valence-corrected chi connectivity index (χ3v) is 14.0. The van der Waals surface area contributed by atoms with Gasteiger partial charge in [-0.1, -0.05) is 54.6 Å². The first-order valence-corrected chi connectivity index (χ1v) is 21.9. The summed E-state index contributed by atoms with van der Waals surface area (Å²) in [6.07, 6.45) is -7.71. The number of aromatic nitrogens is 3. The molecule has 0 aliphatic carbocycles. The number of aliphatic hydroxyl groups excluding tert-OH is 5. The average Bonchev–Trinajstić information content (AvgIpc) is 3.85. The Morgan fingerprint density at radius 2 is 1.78 bits per heavy atom. The lowest BCUT2D eigenvalue weighted by Crippen LogP contribution is -2.60. The second-order valence-corrected chi connectivity index (χ2v) is 19.6. The lowest BCUT2D eigenvalue weighted by atomic mass is 9.82. The highest BCUT2D eigenvalue weighted by atomic mass is 28.4. The molecule has 2 saturated heterocycles. The van der Waals surface area contributed by atoms with E-state index in [9.17, 15) is 50.0 Å². The maximum Gasteiger partial charge on any atom is 0.269 e. The van der Waals surface area contributed by atoms with Gasteiger partial charge in [-0.3, -0.25) is 24.4 Å². The molecule has 7 rings (SSSR count). The smallest absolute Gasteiger partial charge is 0.269 e. The summed E-state index contributed by atoms with van der Waals surface area (Å²) < 4.78 is 13.5. The van der Waals surface area contributed by atoms with E-state index in [2.05, 4.69) is 15.6 Å². The molecule has 1 unspecified atom stereocenters. The SMILES string of the molecule is C[C@@H]1[C@@H]([Si](C)(C)O)[C@H](CCn2cc(C(CO)c3ccccc3)nn2)O[C@@]12C(=O)N(Cc1cccc(NC(=O)[C@H]3O[C@@H](O)[C@H](O)[C@@H](O)[C@@H]3O)c1)c1ccc([N+](=O)[O-])cc12. The first kappa shape index (κ1) is 41.2. The van der Waals surface area contributed by atoms with E-state index in [0.717, 1.165) is 5.56 Å². The summed E-state index contributed by atoms with van der Waals surface area (Å²) in [5.74, 6) is -2.40. The molecule has 7 N–H and O–H groups in total. The molecule has 4 heterocycles. The van der Waals surface area contributed by atoms with Crippen LogP contribution in [0.2, 0.25) is 18.6 Å². The molecule has 2 amide bonds. The summed E-state index contributed by atoms with van der Waals surface area (Å²) in [7, 11) is -3.10. The number of nitro groups is 1. The van der Waals surface area contributed by atoms with Gasteiger partial charge in [-0.2, -0.15) is 0 Å². The molecule has 2 fully saturated rings. The van der Waals surface area contributed by atoms with Gasteiger partial charge in [0.1, 0.15) is 18.3 Å². The van der Waals surface area contributed by atoms with Crippen LogP contribution in [0.5, 0.6) is 0 Å². The lowest BCUT2D eigenvalue weighted by molar-refractivity contribution is -0.385. The van der Waals surface area contributed by atoms with Gasteiger partial charge >= 0.3 is 0 Å². The Bertz CT molecular complexity index is 2170. The third kappa shape index (κ3) is 7.44. The molecule has 0 radical (unpaired) electrons. The summed E-state index contributed by atoms with van der Waals surface area (Å²) in [5, 5.41) is 73.5. The molecular formula is C39H46N6O12Si. The minimum absolute atomic E-state index is 0.0538. The van der Waals surface area contributed by atoms with Crippen LogP contribution in [0.3, 0.4) is 0 Å². The van der Waals surface area contributed by atoms with Crippen LogP contribution >= 0.6 is 0 Å². The maximum absolute atomic E-state index is 14.9. The molecule has 10 atom stereocenters. The van der Waals surface area contributed by atoms with Gasteiger partial charge in [-0.05, 0) is 48.8 Å². The molecule has 0 saturated carbocycles. The summed E-state index contributed by atoms with van der Waals surface area (Å²) in [4.78, 5) is 52.7. The summed E-state index contributed by atoms with van der Waals surface area (Å²) in [6.45, 7) is 5.44. The van der Waals surface area contributed by atoms with Crippen molar-refractivity contribution in [2.45, 2.75) is 93.4 Å². The highest BCUT2D eigenvalue weighted by Crippen LogP contribution is 2.60. The fourth-order valence-electron chi connectivity index (χ4n) is 8.72. The molecule has 3 aliphatic heterocycles. The van der Waals surface area contributed by atoms with Crippen molar-refractivity contribution in [3.63, 3.8) is 0 Å². The molecule has 58 heavy (non-hydrogen) atoms. The van der Waals surface area contributed by atoms with Crippen LogP contribution in [0.15, 0.2) is 79.0 Å². The molecule has 3 aromatic carbocycles. The standard InChI is InChI=1S/C39H46N6O12Si/c1-21-35(58(2,3)55)30(14-15-43-19-28(41-42-43)26(20-46)23-9-5-4-6-10-23)57-39(21)27-17-25(45(53)54)12-13-29(27)44(38(39)52)18-22-8-7-11-24(16-22)40-36(50)34-32(48)31(47)33(49)37(51)56-34/h4-13,16-17,19,21,26,30-35,37,46-49,51,55H,14-15,18,20H2,1-3H3,(H,40,50)/t21-,26?,30+,31+,32+,33-,34+,35-,37-,39+/m1/s1. The Morgan fingerprint density at radius 1 is 1.03 bits per heavy atom. The molecule has 0 bridgehead atoms. The van der Waals surface area contributed by atoms with Crippen molar-refractivity contribution in [3.8, 4) is 0 Å². The molecule has 18 nitrogen and oxygen atoms in total. The van der Waals surface area contributed by atoms with Gasteiger partial charge in [0.05, 0.1) is 41.5 Å². The number of amides is 2. The van der Waals surface area contributed by atoms with Gasteiger partial charge in [-0.15, -0.1) is 5.10 Å². The second-order valence-electron chi connectivity index (χ2n) is 15.7. The number of aryl methyl sites for hydroxylation is 1. The zero-order valence-corrected chi connectivity index (χ0v) is 32.9. The van der Waals surface area contributed by atoms with E-state index in [1.165, 1.54) is 29.2 Å². The molecule has 308 valence electrons. The van der Waals surface area contributed by atoms with E-state index in [1.807, 2.05) is 37.3 Å². The normalized spacial score (nSPS) is 28.8. The van der Waals surface area contributed by atoms with Crippen LogP contribution in [0.25, 0.3) is 0 Å². The number of nitrogens with zero attached hydrogens (tertiary/aromatic N) is 5. The zero-order chi connectivity index (χ0) is 41.7. The van der Waals surface area contributed by atoms with Gasteiger partial charge in [-0.25, -0.2) is 0 Å². The first-order chi connectivity index (χ1) is 27.5. The van der Waals surface area contributed by atoms with E-state index in [-0.39, 0.29) is 30.4 Å². The fourth-order valence-corrected chi connectivity index (χ4v) is 11.3. The molecule has 3 aliphatic rings. The number of benzene rings is 3. The van der Waals surface area contributed by atoms with Crippen LogP contribution in [0.1, 0.15) is 41.6 Å². The highest BCUT2D eigenvalue weighted by molar-refractivity contribution is 6.71. The van der Waals surface area contributed by atoms with Crippen molar-refractivity contribution < 1.29 is 54.3 Å². The maximum atomic E-state index is 14.9. The average molecular weight is 819 g/mol. The third-order valence-electron chi connectivity index (χ3n) is 11.5. The Morgan fingerprint density at radius 3 is 2.47 bits per heavy atom. The summed E-state index contributed by atoms with van der Waals surface area (Å²) in [5.41, 5.74) is 0.461. The number of anilines is 2. The summed E-state index contributed by atoms with van der Waals surface area (Å²) >= 11 is 0. The zero-order valence-electron chi connectivity index (χ0n) is 31.9. The topological polar surface area (TPSA) is 263 Å². The number of non-ortho nitro benzene ring substituents is 1. The Hall–Kier alpha value is -4.96. The van der Waals surface area contributed by atoms with Gasteiger partial charge in [0.25, 0.3) is 17.5 Å². The van der Waals surface area contributed by atoms with E-state index in [4.69, 9.17) is 9.47 Å². The predicted octanol–water partition coefficient (Wildman–Crippen LogP) is 1.48. The fraction of sp³-hybridized carbons (Fsp3) is 0.436. The molecule has 19 heteroatoms. The molecular weight excluding hydrogens is 773 g/mol. The Kier molecular flexibility index (Phi) is 11.4. The van der Waals surface area contributed by atoms with Crippen molar-refractivity contribution in [1.82, 2.24) is 15.0 Å². The molecule has 1 spiro atoms. The van der Waals surface area contributed by atoms with Crippen molar-refractivity contribution >= 4 is 37.2 Å². The number of ether oxygens (including phenoxy) is 2. The Labute approximate surface area is 333 Å². The summed E-state index contributed by atoms with van der Waals surface area (Å²) in [6, 6.07) is 20.0. The van der Waals surface area contributed by atoms with Crippen LogP contribution in [0.4, 0.5) is 17.1 Å². The molecule has 4 aromatic rings. The van der Waals surface area contributed by atoms with E-state index in [0.29, 0.717) is 35.5 Å². The number of nitrogens with one attached hydrogen (secondary N) is 1. The van der Waals surface area contributed by atoms with E-state index >= 15 is 0 Å². The number of rotatable bonds is 12. The van der Waals surface area contributed by atoms with Gasteiger partial charge in [0.15, 0.2) is 26.3 Å². The highest BCUT2D eigenvalue weighted by Gasteiger charge is 2.66. The second kappa shape index (κ2) is 16.0. The quantitative estimate of drug-likeness (QED) is 0.0607. The minimum Gasteiger partial charge on any atom is -0.432 e. The van der Waals surface area contributed by atoms with Gasteiger partial charge in [0.2, 0.25) is 0 Å². The molecule has 1 aromatic heterocycles. The van der Waals surface area contributed by atoms with Crippen molar-refractivity contribution in [2.24, 2.45) is 5.92 Å². The van der Waals surface area contributed by atoms with Crippen LogP contribution in [-0.4, -0.2) is 114 Å². The number of carbonyl (C=O) groups excluding carboxylic acids is 2. The predicted molar refractivity (Wildman–Crippen MR) is 207 cm³/mol. The van der Waals surface area contributed by atoms with Crippen molar-refractivity contribution in [3.05, 3.63) is 111 Å². The lowest BCUT2D eigenvalue weighted by Gasteiger charge is -2.37. The van der Waals surface area contributed by atoms with Crippen molar-refractivity contribution in [1.29, 1.82) is 0 Å². The monoisotopic (exact) mass is 818 g/mol. The largest absolute Gasteiger partial charge is 0.432 e. The number of carbonyl (C=O) groups is 2. The van der Waals surface area contributed by atoms with Gasteiger partial charge < -0.3 is 50.0 Å².